The Morgan fingerprint density at radius 3 is 2.89 bits per heavy atom. The number of halogens is 2. The second kappa shape index (κ2) is 7.19. The molecule has 0 saturated carbocycles. The van der Waals surface area contributed by atoms with E-state index in [-0.39, 0.29) is 12.4 Å². The molecule has 1 unspecified atom stereocenters. The van der Waals surface area contributed by atoms with Gasteiger partial charge < -0.3 is 10.1 Å². The molecule has 18 heavy (non-hydrogen) atoms. The zero-order chi connectivity index (χ0) is 12.3. The van der Waals surface area contributed by atoms with E-state index in [1.54, 1.807) is 7.11 Å². The predicted molar refractivity (Wildman–Crippen MR) is 78.0 cm³/mol. The Bertz CT molecular complexity index is 387. The smallest absolute Gasteiger partial charge is 0.119 e. The fourth-order valence-corrected chi connectivity index (χ4v) is 2.43. The molecule has 5 heteroatoms. The third-order valence-corrected chi connectivity index (χ3v) is 3.70. The molecule has 1 aromatic carbocycles. The molecule has 0 bridgehead atoms. The van der Waals surface area contributed by atoms with Crippen molar-refractivity contribution < 1.29 is 4.74 Å². The van der Waals surface area contributed by atoms with Crippen molar-refractivity contribution in [1.82, 2.24) is 10.2 Å². The predicted octanol–water partition coefficient (Wildman–Crippen LogP) is 2.56. The third-order valence-electron chi connectivity index (χ3n) is 3.33. The number of likely N-dealkylation sites (tertiary alicyclic amines) is 1. The molecule has 102 valence electrons. The summed E-state index contributed by atoms with van der Waals surface area (Å²) in [5, 5.41) is 4.14. The minimum atomic E-state index is 0. The van der Waals surface area contributed by atoms with Crippen LogP contribution in [0.1, 0.15) is 12.0 Å². The van der Waals surface area contributed by atoms with Crippen LogP contribution in [0, 0.1) is 0 Å². The van der Waals surface area contributed by atoms with Gasteiger partial charge in [-0.1, -0.05) is 11.6 Å². The van der Waals surface area contributed by atoms with Crippen LogP contribution < -0.4 is 10.1 Å². The van der Waals surface area contributed by atoms with Crippen molar-refractivity contribution in [2.24, 2.45) is 0 Å². The molecule has 1 atom stereocenters. The van der Waals surface area contributed by atoms with Crippen LogP contribution >= 0.6 is 24.0 Å². The maximum Gasteiger partial charge on any atom is 0.119 e. The Kier molecular flexibility index (Phi) is 6.22. The van der Waals surface area contributed by atoms with Gasteiger partial charge in [0.05, 0.1) is 7.11 Å². The zero-order valence-corrected chi connectivity index (χ0v) is 12.4. The number of methoxy groups -OCH3 is 1. The standard InChI is InChI=1S/C13H19ClN2O.ClH/c1-15-11-5-6-16(9-11)8-10-7-12(17-2)3-4-13(10)14;/h3-4,7,11,15H,5-6,8-9H2,1-2H3;1H. The highest BCUT2D eigenvalue weighted by atomic mass is 35.5. The molecule has 1 heterocycles. The summed E-state index contributed by atoms with van der Waals surface area (Å²) >= 11 is 6.20. The maximum absolute atomic E-state index is 6.20. The summed E-state index contributed by atoms with van der Waals surface area (Å²) in [4.78, 5) is 2.42. The highest BCUT2D eigenvalue weighted by molar-refractivity contribution is 6.31. The minimum Gasteiger partial charge on any atom is -0.497 e. The van der Waals surface area contributed by atoms with E-state index in [2.05, 4.69) is 10.2 Å². The second-order valence-electron chi connectivity index (χ2n) is 4.47. The summed E-state index contributed by atoms with van der Waals surface area (Å²) in [6.45, 7) is 3.11. The number of ether oxygens (including phenoxy) is 1. The van der Waals surface area contributed by atoms with Gasteiger partial charge in [0, 0.05) is 30.7 Å². The maximum atomic E-state index is 6.20. The van der Waals surface area contributed by atoms with Gasteiger partial charge in [-0.25, -0.2) is 0 Å². The Labute approximate surface area is 120 Å². The topological polar surface area (TPSA) is 24.5 Å². The average Bonchev–Trinajstić information content (AvgIpc) is 2.80. The molecule has 1 N–H and O–H groups in total. The van der Waals surface area contributed by atoms with Crippen LogP contribution in [0.5, 0.6) is 5.75 Å². The van der Waals surface area contributed by atoms with Gasteiger partial charge in [0.15, 0.2) is 0 Å². The van der Waals surface area contributed by atoms with Crippen LogP contribution in [-0.4, -0.2) is 38.2 Å². The van der Waals surface area contributed by atoms with Crippen LogP contribution in [0.4, 0.5) is 0 Å². The fourth-order valence-electron chi connectivity index (χ4n) is 2.25. The van der Waals surface area contributed by atoms with Crippen molar-refractivity contribution in [2.45, 2.75) is 19.0 Å². The van der Waals surface area contributed by atoms with Crippen LogP contribution in [0.3, 0.4) is 0 Å². The van der Waals surface area contributed by atoms with Gasteiger partial charge in [-0.05, 0) is 37.2 Å². The zero-order valence-electron chi connectivity index (χ0n) is 10.8. The van der Waals surface area contributed by atoms with Gasteiger partial charge in [-0.2, -0.15) is 0 Å². The van der Waals surface area contributed by atoms with E-state index in [1.165, 1.54) is 6.42 Å². The first kappa shape index (κ1) is 15.6. The van der Waals surface area contributed by atoms with E-state index in [0.717, 1.165) is 36.0 Å². The number of hydrogen-bond acceptors (Lipinski definition) is 3. The molecule has 0 radical (unpaired) electrons. The molecule has 1 aliphatic rings. The first-order valence-electron chi connectivity index (χ1n) is 5.95. The molecular formula is C13H20Cl2N2O. The summed E-state index contributed by atoms with van der Waals surface area (Å²) in [7, 11) is 3.70. The number of nitrogens with zero attached hydrogens (tertiary/aromatic N) is 1. The van der Waals surface area contributed by atoms with Gasteiger partial charge in [0.1, 0.15) is 5.75 Å². The summed E-state index contributed by atoms with van der Waals surface area (Å²) in [6.07, 6.45) is 1.21. The molecule has 0 aromatic heterocycles. The normalized spacial score (nSPS) is 19.6. The van der Waals surface area contributed by atoms with E-state index in [4.69, 9.17) is 16.3 Å². The fraction of sp³-hybridized carbons (Fsp3) is 0.538. The molecular weight excluding hydrogens is 271 g/mol. The van der Waals surface area contributed by atoms with Crippen LogP contribution in [-0.2, 0) is 6.54 Å². The molecule has 1 aliphatic heterocycles. The molecule has 0 amide bonds. The number of hydrogen-bond donors (Lipinski definition) is 1. The molecule has 0 aliphatic carbocycles. The first-order chi connectivity index (χ1) is 8.22. The molecule has 1 fully saturated rings. The SMILES string of the molecule is CNC1CCN(Cc2cc(OC)ccc2Cl)C1.Cl. The Balaban J connectivity index is 0.00000162. The quantitative estimate of drug-likeness (QED) is 0.922. The van der Waals surface area contributed by atoms with Crippen LogP contribution in [0.2, 0.25) is 5.02 Å². The van der Waals surface area contributed by atoms with Crippen LogP contribution in [0.25, 0.3) is 0 Å². The lowest BCUT2D eigenvalue weighted by Gasteiger charge is -2.17. The van der Waals surface area contributed by atoms with Crippen molar-refractivity contribution in [2.75, 3.05) is 27.2 Å². The number of rotatable bonds is 4. The van der Waals surface area contributed by atoms with E-state index in [0.29, 0.717) is 6.04 Å². The van der Waals surface area contributed by atoms with E-state index < -0.39 is 0 Å². The third kappa shape index (κ3) is 3.75. The van der Waals surface area contributed by atoms with E-state index in [1.807, 2.05) is 25.2 Å². The van der Waals surface area contributed by atoms with Crippen molar-refractivity contribution in [1.29, 1.82) is 0 Å². The van der Waals surface area contributed by atoms with E-state index in [9.17, 15) is 0 Å². The molecule has 0 spiro atoms. The molecule has 2 rings (SSSR count). The lowest BCUT2D eigenvalue weighted by atomic mass is 10.2. The Morgan fingerprint density at radius 1 is 1.50 bits per heavy atom. The Hall–Kier alpha value is -0.480. The number of nitrogens with one attached hydrogen (secondary N) is 1. The second-order valence-corrected chi connectivity index (χ2v) is 4.87. The van der Waals surface area contributed by atoms with E-state index >= 15 is 0 Å². The minimum absolute atomic E-state index is 0. The number of likely N-dealkylation sites (N-methyl/N-ethyl adjacent to an activating group) is 1. The van der Waals surface area contributed by atoms with Crippen LogP contribution in [0.15, 0.2) is 18.2 Å². The van der Waals surface area contributed by atoms with Crippen molar-refractivity contribution in [3.8, 4) is 5.75 Å². The average molecular weight is 291 g/mol. The number of benzene rings is 1. The monoisotopic (exact) mass is 290 g/mol. The molecule has 1 saturated heterocycles. The van der Waals surface area contributed by atoms with Gasteiger partial charge in [-0.3, -0.25) is 4.90 Å². The molecule has 3 nitrogen and oxygen atoms in total. The molecule has 1 aromatic rings. The summed E-state index contributed by atoms with van der Waals surface area (Å²) in [6, 6.07) is 6.43. The first-order valence-corrected chi connectivity index (χ1v) is 6.32. The Morgan fingerprint density at radius 2 is 2.28 bits per heavy atom. The lowest BCUT2D eigenvalue weighted by molar-refractivity contribution is 0.321. The van der Waals surface area contributed by atoms with Gasteiger partial charge >= 0.3 is 0 Å². The van der Waals surface area contributed by atoms with Crippen molar-refractivity contribution in [3.05, 3.63) is 28.8 Å². The van der Waals surface area contributed by atoms with Gasteiger partial charge in [0.25, 0.3) is 0 Å². The lowest BCUT2D eigenvalue weighted by Crippen LogP contribution is -2.29. The van der Waals surface area contributed by atoms with Crippen molar-refractivity contribution in [3.63, 3.8) is 0 Å². The van der Waals surface area contributed by atoms with Gasteiger partial charge in [-0.15, -0.1) is 12.4 Å². The summed E-state index contributed by atoms with van der Waals surface area (Å²) in [5.41, 5.74) is 1.14. The highest BCUT2D eigenvalue weighted by Gasteiger charge is 2.21. The summed E-state index contributed by atoms with van der Waals surface area (Å²) < 4.78 is 5.23. The van der Waals surface area contributed by atoms with Gasteiger partial charge in [0.2, 0.25) is 0 Å². The largest absolute Gasteiger partial charge is 0.497 e. The highest BCUT2D eigenvalue weighted by Crippen LogP contribution is 2.24. The summed E-state index contributed by atoms with van der Waals surface area (Å²) in [5.74, 6) is 0.869. The van der Waals surface area contributed by atoms with Crippen molar-refractivity contribution >= 4 is 24.0 Å².